The monoisotopic (exact) mass is 380 g/mol. The molecular formula is C23H32N4O. The first-order valence-corrected chi connectivity index (χ1v) is 10.6. The molecule has 28 heavy (non-hydrogen) atoms. The number of rotatable bonds is 8. The Balaban J connectivity index is 1.55. The van der Waals surface area contributed by atoms with Gasteiger partial charge in [0, 0.05) is 26.2 Å². The van der Waals surface area contributed by atoms with Crippen LogP contribution in [0, 0.1) is 5.92 Å². The molecule has 1 aliphatic heterocycles. The largest absolute Gasteiger partial charge is 0.355 e. The average molecular weight is 381 g/mol. The van der Waals surface area contributed by atoms with Crippen molar-refractivity contribution < 1.29 is 4.79 Å². The molecule has 0 spiro atoms. The van der Waals surface area contributed by atoms with E-state index in [0.29, 0.717) is 5.69 Å². The summed E-state index contributed by atoms with van der Waals surface area (Å²) in [4.78, 5) is 25.8. The first-order valence-electron chi connectivity index (χ1n) is 10.6. The lowest BCUT2D eigenvalue weighted by molar-refractivity contribution is 0.0749. The maximum atomic E-state index is 12.6. The second-order valence-electron chi connectivity index (χ2n) is 7.67. The number of carbonyl (C=O) groups excluding carboxylic acids is 1. The Morgan fingerprint density at radius 2 is 1.71 bits per heavy atom. The Morgan fingerprint density at radius 3 is 2.29 bits per heavy atom. The highest BCUT2D eigenvalue weighted by Gasteiger charge is 2.22. The smallest absolute Gasteiger partial charge is 0.274 e. The molecule has 0 saturated carbocycles. The quantitative estimate of drug-likeness (QED) is 0.689. The van der Waals surface area contributed by atoms with Crippen LogP contribution in [-0.4, -0.2) is 47.0 Å². The van der Waals surface area contributed by atoms with Crippen molar-refractivity contribution in [2.24, 2.45) is 5.92 Å². The lowest BCUT2D eigenvalue weighted by Gasteiger charge is -2.32. The van der Waals surface area contributed by atoms with Gasteiger partial charge in [-0.25, -0.2) is 9.97 Å². The standard InChI is InChI=1S/C23H32N4O/c1-3-12-27(13-4-2)23(28)21-17-25-22(18-24-21)26-14-10-20(11-15-26)16-19-8-6-5-7-9-19/h5-9,17-18,20H,3-4,10-16H2,1-2H3. The van der Waals surface area contributed by atoms with Crippen LogP contribution in [-0.2, 0) is 6.42 Å². The first kappa shape index (κ1) is 20.3. The third-order valence-corrected chi connectivity index (χ3v) is 5.44. The summed E-state index contributed by atoms with van der Waals surface area (Å²) in [6.07, 6.45) is 8.80. The molecule has 1 aromatic heterocycles. The zero-order valence-electron chi connectivity index (χ0n) is 17.2. The second kappa shape index (κ2) is 10.2. The minimum atomic E-state index is -0.00989. The van der Waals surface area contributed by atoms with Crippen LogP contribution in [0.15, 0.2) is 42.7 Å². The molecule has 2 heterocycles. The summed E-state index contributed by atoms with van der Waals surface area (Å²) in [5, 5.41) is 0. The molecular weight excluding hydrogens is 348 g/mol. The first-order chi connectivity index (χ1) is 13.7. The molecule has 5 heteroatoms. The number of anilines is 1. The zero-order chi connectivity index (χ0) is 19.8. The van der Waals surface area contributed by atoms with E-state index in [2.05, 4.69) is 59.0 Å². The number of amides is 1. The molecule has 0 N–H and O–H groups in total. The van der Waals surface area contributed by atoms with Crippen LogP contribution >= 0.6 is 0 Å². The van der Waals surface area contributed by atoms with Crippen LogP contribution in [0.2, 0.25) is 0 Å². The van der Waals surface area contributed by atoms with Gasteiger partial charge in [0.05, 0.1) is 12.4 Å². The molecule has 2 aromatic rings. The number of hydrogen-bond acceptors (Lipinski definition) is 4. The van der Waals surface area contributed by atoms with E-state index in [4.69, 9.17) is 0 Å². The van der Waals surface area contributed by atoms with Crippen molar-refractivity contribution >= 4 is 11.7 Å². The highest BCUT2D eigenvalue weighted by molar-refractivity contribution is 5.92. The van der Waals surface area contributed by atoms with E-state index in [9.17, 15) is 4.79 Å². The van der Waals surface area contributed by atoms with Crippen LogP contribution in [0.3, 0.4) is 0 Å². The van der Waals surface area contributed by atoms with Crippen LogP contribution in [0.4, 0.5) is 5.82 Å². The lowest BCUT2D eigenvalue weighted by atomic mass is 9.90. The Morgan fingerprint density at radius 1 is 1.04 bits per heavy atom. The molecule has 1 saturated heterocycles. The minimum absolute atomic E-state index is 0.00989. The van der Waals surface area contributed by atoms with E-state index in [1.165, 1.54) is 5.56 Å². The molecule has 0 atom stereocenters. The number of hydrogen-bond donors (Lipinski definition) is 0. The van der Waals surface area contributed by atoms with Crippen molar-refractivity contribution in [2.45, 2.75) is 46.0 Å². The number of piperidine rings is 1. The summed E-state index contributed by atoms with van der Waals surface area (Å²) >= 11 is 0. The molecule has 0 aliphatic carbocycles. The summed E-state index contributed by atoms with van der Waals surface area (Å²) < 4.78 is 0. The molecule has 1 fully saturated rings. The van der Waals surface area contributed by atoms with Gasteiger partial charge in [-0.2, -0.15) is 0 Å². The molecule has 0 radical (unpaired) electrons. The Kier molecular flexibility index (Phi) is 7.40. The van der Waals surface area contributed by atoms with Crippen molar-refractivity contribution in [1.82, 2.24) is 14.9 Å². The average Bonchev–Trinajstić information content (AvgIpc) is 2.74. The molecule has 5 nitrogen and oxygen atoms in total. The minimum Gasteiger partial charge on any atom is -0.355 e. The Bertz CT molecular complexity index is 718. The van der Waals surface area contributed by atoms with Crippen LogP contribution in [0.1, 0.15) is 55.6 Å². The molecule has 150 valence electrons. The van der Waals surface area contributed by atoms with Gasteiger partial charge in [0.15, 0.2) is 0 Å². The normalized spacial score (nSPS) is 14.9. The SMILES string of the molecule is CCCN(CCC)C(=O)c1cnc(N2CCC(Cc3ccccc3)CC2)cn1. The van der Waals surface area contributed by atoms with E-state index in [1.54, 1.807) is 12.4 Å². The van der Waals surface area contributed by atoms with Gasteiger partial charge in [-0.3, -0.25) is 4.79 Å². The second-order valence-corrected chi connectivity index (χ2v) is 7.67. The van der Waals surface area contributed by atoms with Crippen molar-refractivity contribution in [3.05, 3.63) is 54.0 Å². The fourth-order valence-corrected chi connectivity index (χ4v) is 3.93. The maximum Gasteiger partial charge on any atom is 0.274 e. The fourth-order valence-electron chi connectivity index (χ4n) is 3.93. The highest BCUT2D eigenvalue weighted by atomic mass is 16.2. The fraction of sp³-hybridized carbons (Fsp3) is 0.522. The van der Waals surface area contributed by atoms with Gasteiger partial charge in [-0.05, 0) is 43.6 Å². The van der Waals surface area contributed by atoms with Crippen molar-refractivity contribution in [3.63, 3.8) is 0 Å². The van der Waals surface area contributed by atoms with Gasteiger partial charge in [0.2, 0.25) is 0 Å². The van der Waals surface area contributed by atoms with E-state index >= 15 is 0 Å². The van der Waals surface area contributed by atoms with Gasteiger partial charge in [0.25, 0.3) is 5.91 Å². The van der Waals surface area contributed by atoms with E-state index in [1.807, 2.05) is 4.90 Å². The molecule has 3 rings (SSSR count). The highest BCUT2D eigenvalue weighted by Crippen LogP contribution is 2.24. The van der Waals surface area contributed by atoms with Gasteiger partial charge in [-0.1, -0.05) is 44.2 Å². The lowest BCUT2D eigenvalue weighted by Crippen LogP contribution is -2.35. The Hall–Kier alpha value is -2.43. The summed E-state index contributed by atoms with van der Waals surface area (Å²) in [6, 6.07) is 10.7. The topological polar surface area (TPSA) is 49.3 Å². The van der Waals surface area contributed by atoms with Crippen LogP contribution in [0.5, 0.6) is 0 Å². The molecule has 1 aliphatic rings. The maximum absolute atomic E-state index is 12.6. The van der Waals surface area contributed by atoms with E-state index in [-0.39, 0.29) is 5.91 Å². The summed E-state index contributed by atoms with van der Waals surface area (Å²) in [7, 11) is 0. The van der Waals surface area contributed by atoms with Crippen molar-refractivity contribution in [3.8, 4) is 0 Å². The molecule has 0 unspecified atom stereocenters. The predicted molar refractivity (Wildman–Crippen MR) is 114 cm³/mol. The van der Waals surface area contributed by atoms with Gasteiger partial charge in [0.1, 0.15) is 11.5 Å². The molecule has 1 aromatic carbocycles. The van der Waals surface area contributed by atoms with Gasteiger partial charge < -0.3 is 9.80 Å². The van der Waals surface area contributed by atoms with Crippen molar-refractivity contribution in [1.29, 1.82) is 0 Å². The Labute approximate surface area is 168 Å². The summed E-state index contributed by atoms with van der Waals surface area (Å²) in [5.41, 5.74) is 1.87. The summed E-state index contributed by atoms with van der Waals surface area (Å²) in [5.74, 6) is 1.60. The van der Waals surface area contributed by atoms with Crippen LogP contribution in [0.25, 0.3) is 0 Å². The number of carbonyl (C=O) groups is 1. The third-order valence-electron chi connectivity index (χ3n) is 5.44. The number of nitrogens with zero attached hydrogens (tertiary/aromatic N) is 4. The van der Waals surface area contributed by atoms with Gasteiger partial charge >= 0.3 is 0 Å². The molecule has 1 amide bonds. The number of benzene rings is 1. The zero-order valence-corrected chi connectivity index (χ0v) is 17.2. The third kappa shape index (κ3) is 5.31. The van der Waals surface area contributed by atoms with Crippen molar-refractivity contribution in [2.75, 3.05) is 31.1 Å². The summed E-state index contributed by atoms with van der Waals surface area (Å²) in [6.45, 7) is 7.71. The number of aromatic nitrogens is 2. The van der Waals surface area contributed by atoms with Gasteiger partial charge in [-0.15, -0.1) is 0 Å². The van der Waals surface area contributed by atoms with E-state index in [0.717, 1.165) is 70.0 Å². The predicted octanol–water partition coefficient (Wildman–Crippen LogP) is 4.20. The van der Waals surface area contributed by atoms with Crippen LogP contribution < -0.4 is 4.90 Å². The van der Waals surface area contributed by atoms with E-state index < -0.39 is 0 Å². The molecule has 0 bridgehead atoms.